The molecule has 20 heavy (non-hydrogen) atoms. The van der Waals surface area contributed by atoms with Gasteiger partial charge in [-0.3, -0.25) is 4.79 Å². The first-order chi connectivity index (χ1) is 9.52. The van der Waals surface area contributed by atoms with Gasteiger partial charge in [0, 0.05) is 13.1 Å². The molecule has 106 valence electrons. The highest BCUT2D eigenvalue weighted by Crippen LogP contribution is 2.37. The highest BCUT2D eigenvalue weighted by molar-refractivity contribution is 5.75. The van der Waals surface area contributed by atoms with Gasteiger partial charge in [0.25, 0.3) is 0 Å². The second-order valence-corrected chi connectivity index (χ2v) is 5.56. The van der Waals surface area contributed by atoms with Gasteiger partial charge in [0.2, 0.25) is 0 Å². The summed E-state index contributed by atoms with van der Waals surface area (Å²) in [5, 5.41) is 18.6. The number of anilines is 1. The maximum absolute atomic E-state index is 11.5. The molecule has 1 aromatic rings. The largest absolute Gasteiger partial charge is 0.481 e. The zero-order chi connectivity index (χ0) is 14.8. The number of carbonyl (C=O) groups is 1. The maximum Gasteiger partial charge on any atom is 0.309 e. The van der Waals surface area contributed by atoms with Crippen molar-refractivity contribution in [1.82, 2.24) is 0 Å². The molecule has 0 bridgehead atoms. The fourth-order valence-electron chi connectivity index (χ4n) is 2.89. The Labute approximate surface area is 119 Å². The van der Waals surface area contributed by atoms with Crippen LogP contribution in [0.2, 0.25) is 0 Å². The molecule has 1 aliphatic rings. The van der Waals surface area contributed by atoms with Crippen LogP contribution >= 0.6 is 0 Å². The quantitative estimate of drug-likeness (QED) is 0.918. The van der Waals surface area contributed by atoms with E-state index in [0.29, 0.717) is 37.9 Å². The zero-order valence-electron chi connectivity index (χ0n) is 12.0. The van der Waals surface area contributed by atoms with Gasteiger partial charge in [-0.05, 0) is 43.9 Å². The van der Waals surface area contributed by atoms with Crippen molar-refractivity contribution in [2.45, 2.75) is 33.1 Å². The molecule has 0 spiro atoms. The first-order valence-electron chi connectivity index (χ1n) is 7.01. The van der Waals surface area contributed by atoms with Crippen LogP contribution in [0.3, 0.4) is 0 Å². The number of carboxylic acid groups (broad SMARTS) is 1. The summed E-state index contributed by atoms with van der Waals surface area (Å²) in [4.78, 5) is 13.6. The lowest BCUT2D eigenvalue weighted by atomic mass is 9.76. The van der Waals surface area contributed by atoms with E-state index in [0.717, 1.165) is 11.3 Å². The molecule has 1 heterocycles. The lowest BCUT2D eigenvalue weighted by molar-refractivity contribution is -0.150. The summed E-state index contributed by atoms with van der Waals surface area (Å²) in [6.07, 6.45) is 1.93. The molecule has 0 aromatic heterocycles. The van der Waals surface area contributed by atoms with Crippen molar-refractivity contribution in [2.24, 2.45) is 5.41 Å². The first kappa shape index (κ1) is 14.4. The van der Waals surface area contributed by atoms with E-state index < -0.39 is 11.4 Å². The van der Waals surface area contributed by atoms with Gasteiger partial charge >= 0.3 is 5.97 Å². The standard InChI is InChI=1S/C16H20N2O2/c1-3-16(15(19)20)6-8-18(9-7-16)14-10-12(2)4-5-13(14)11-17/h4-5,10H,3,6-9H2,1-2H3,(H,19,20). The summed E-state index contributed by atoms with van der Waals surface area (Å²) in [6, 6.07) is 8.00. The number of nitrogens with zero attached hydrogens (tertiary/aromatic N) is 2. The van der Waals surface area contributed by atoms with Gasteiger partial charge in [0.05, 0.1) is 16.7 Å². The third-order valence-corrected chi connectivity index (χ3v) is 4.47. The summed E-state index contributed by atoms with van der Waals surface area (Å²) < 4.78 is 0. The van der Waals surface area contributed by atoms with Gasteiger partial charge in [-0.2, -0.15) is 5.26 Å². The van der Waals surface area contributed by atoms with Crippen LogP contribution in [0.15, 0.2) is 18.2 Å². The molecule has 0 amide bonds. The molecule has 2 rings (SSSR count). The number of rotatable bonds is 3. The van der Waals surface area contributed by atoms with Gasteiger partial charge in [-0.15, -0.1) is 0 Å². The Kier molecular flexibility index (Phi) is 3.99. The van der Waals surface area contributed by atoms with Crippen molar-refractivity contribution in [3.63, 3.8) is 0 Å². The zero-order valence-corrected chi connectivity index (χ0v) is 12.0. The fourth-order valence-corrected chi connectivity index (χ4v) is 2.89. The average Bonchev–Trinajstić information content (AvgIpc) is 2.47. The predicted molar refractivity (Wildman–Crippen MR) is 77.7 cm³/mol. The van der Waals surface area contributed by atoms with E-state index in [-0.39, 0.29) is 0 Å². The van der Waals surface area contributed by atoms with E-state index in [1.807, 2.05) is 32.0 Å². The van der Waals surface area contributed by atoms with E-state index >= 15 is 0 Å². The number of nitriles is 1. The number of aliphatic carboxylic acids is 1. The predicted octanol–water partition coefficient (Wildman–Crippen LogP) is 2.95. The van der Waals surface area contributed by atoms with Gasteiger partial charge in [0.1, 0.15) is 6.07 Å². The van der Waals surface area contributed by atoms with Crippen LogP contribution < -0.4 is 4.90 Å². The third-order valence-electron chi connectivity index (χ3n) is 4.47. The lowest BCUT2D eigenvalue weighted by Gasteiger charge is -2.39. The Morgan fingerprint density at radius 3 is 2.60 bits per heavy atom. The molecule has 1 N–H and O–H groups in total. The van der Waals surface area contributed by atoms with Crippen LogP contribution in [0.1, 0.15) is 37.3 Å². The van der Waals surface area contributed by atoms with Gasteiger partial charge in [0.15, 0.2) is 0 Å². The number of piperidine rings is 1. The van der Waals surface area contributed by atoms with E-state index in [1.54, 1.807) is 0 Å². The van der Waals surface area contributed by atoms with E-state index in [2.05, 4.69) is 11.0 Å². The molecule has 4 heteroatoms. The normalized spacial score (nSPS) is 17.6. The molecule has 0 atom stereocenters. The molecule has 0 aliphatic carbocycles. The maximum atomic E-state index is 11.5. The summed E-state index contributed by atoms with van der Waals surface area (Å²) >= 11 is 0. The summed E-state index contributed by atoms with van der Waals surface area (Å²) in [7, 11) is 0. The molecule has 1 aromatic carbocycles. The topological polar surface area (TPSA) is 64.3 Å². The number of aryl methyl sites for hydroxylation is 1. The Morgan fingerprint density at radius 2 is 2.10 bits per heavy atom. The Bertz CT molecular complexity index is 552. The highest BCUT2D eigenvalue weighted by atomic mass is 16.4. The number of benzene rings is 1. The van der Waals surface area contributed by atoms with Gasteiger partial charge in [-0.1, -0.05) is 13.0 Å². The highest BCUT2D eigenvalue weighted by Gasteiger charge is 2.40. The molecule has 1 fully saturated rings. The minimum Gasteiger partial charge on any atom is -0.481 e. The first-order valence-corrected chi connectivity index (χ1v) is 7.01. The minimum absolute atomic E-state index is 0.590. The number of carboxylic acids is 1. The van der Waals surface area contributed by atoms with Crippen LogP contribution in [0, 0.1) is 23.7 Å². The van der Waals surface area contributed by atoms with E-state index in [9.17, 15) is 15.2 Å². The lowest BCUT2D eigenvalue weighted by Crippen LogP contribution is -2.44. The number of hydrogen-bond donors (Lipinski definition) is 1. The SMILES string of the molecule is CCC1(C(=O)O)CCN(c2cc(C)ccc2C#N)CC1. The van der Waals surface area contributed by atoms with Crippen LogP contribution in [-0.4, -0.2) is 24.2 Å². The van der Waals surface area contributed by atoms with E-state index in [4.69, 9.17) is 0 Å². The Balaban J connectivity index is 2.21. The fraction of sp³-hybridized carbons (Fsp3) is 0.500. The van der Waals surface area contributed by atoms with Gasteiger partial charge < -0.3 is 10.0 Å². The molecule has 0 saturated carbocycles. The van der Waals surface area contributed by atoms with Crippen molar-refractivity contribution in [2.75, 3.05) is 18.0 Å². The molecule has 1 saturated heterocycles. The van der Waals surface area contributed by atoms with E-state index in [1.165, 1.54) is 0 Å². The van der Waals surface area contributed by atoms with Crippen molar-refractivity contribution >= 4 is 11.7 Å². The summed E-state index contributed by atoms with van der Waals surface area (Å²) in [5.41, 5.74) is 2.12. The average molecular weight is 272 g/mol. The van der Waals surface area contributed by atoms with Crippen LogP contribution in [0.25, 0.3) is 0 Å². The van der Waals surface area contributed by atoms with Crippen molar-refractivity contribution < 1.29 is 9.90 Å². The molecular formula is C16H20N2O2. The molecule has 4 nitrogen and oxygen atoms in total. The number of hydrogen-bond acceptors (Lipinski definition) is 3. The van der Waals surface area contributed by atoms with Gasteiger partial charge in [-0.25, -0.2) is 0 Å². The van der Waals surface area contributed by atoms with Crippen LogP contribution in [0.5, 0.6) is 0 Å². The molecule has 1 aliphatic heterocycles. The monoisotopic (exact) mass is 272 g/mol. The second-order valence-electron chi connectivity index (χ2n) is 5.56. The van der Waals surface area contributed by atoms with Crippen molar-refractivity contribution in [3.8, 4) is 6.07 Å². The Morgan fingerprint density at radius 1 is 1.45 bits per heavy atom. The van der Waals surface area contributed by atoms with Crippen LogP contribution in [0.4, 0.5) is 5.69 Å². The summed E-state index contributed by atoms with van der Waals surface area (Å²) in [6.45, 7) is 5.33. The second kappa shape index (κ2) is 5.54. The molecular weight excluding hydrogens is 252 g/mol. The van der Waals surface area contributed by atoms with Crippen molar-refractivity contribution in [3.05, 3.63) is 29.3 Å². The van der Waals surface area contributed by atoms with Crippen molar-refractivity contribution in [1.29, 1.82) is 5.26 Å². The minimum atomic E-state index is -0.690. The van der Waals surface area contributed by atoms with Crippen LogP contribution in [-0.2, 0) is 4.79 Å². The molecule has 0 unspecified atom stereocenters. The smallest absolute Gasteiger partial charge is 0.309 e. The molecule has 0 radical (unpaired) electrons. The summed E-state index contributed by atoms with van der Waals surface area (Å²) in [5.74, 6) is -0.690. The Hall–Kier alpha value is -2.02. The third kappa shape index (κ3) is 2.49.